The van der Waals surface area contributed by atoms with Crippen molar-refractivity contribution in [2.45, 2.75) is 25.7 Å². The molecule has 1 fully saturated rings. The van der Waals surface area contributed by atoms with E-state index in [-0.39, 0.29) is 0 Å². The van der Waals surface area contributed by atoms with E-state index < -0.39 is 0 Å². The van der Waals surface area contributed by atoms with E-state index in [1.54, 1.807) is 12.7 Å². The van der Waals surface area contributed by atoms with Gasteiger partial charge in [0.1, 0.15) is 0 Å². The SMILES string of the molecule is COCCN(C)CC1=CC=C(C=C2CCNCC2)CC1. The lowest BCUT2D eigenvalue weighted by molar-refractivity contribution is 0.165. The number of rotatable bonds is 6. The van der Waals surface area contributed by atoms with Gasteiger partial charge in [-0.1, -0.05) is 29.4 Å². The summed E-state index contributed by atoms with van der Waals surface area (Å²) in [6.45, 7) is 5.16. The van der Waals surface area contributed by atoms with Crippen LogP contribution in [0.2, 0.25) is 0 Å². The summed E-state index contributed by atoms with van der Waals surface area (Å²) in [5, 5.41) is 3.41. The first kappa shape index (κ1) is 15.5. The number of ether oxygens (including phenoxy) is 1. The van der Waals surface area contributed by atoms with Gasteiger partial charge < -0.3 is 15.0 Å². The standard InChI is InChI=1S/C17H28N2O/c1-19(11-12-20-2)14-17-5-3-15(4-6-17)13-16-7-9-18-10-8-16/h3,5,13,18H,4,6-12,14H2,1-2H3. The molecule has 0 unspecified atom stereocenters. The highest BCUT2D eigenvalue weighted by Gasteiger charge is 2.09. The van der Waals surface area contributed by atoms with E-state index >= 15 is 0 Å². The zero-order chi connectivity index (χ0) is 14.2. The maximum Gasteiger partial charge on any atom is 0.0589 e. The van der Waals surface area contributed by atoms with Gasteiger partial charge in [0.15, 0.2) is 0 Å². The van der Waals surface area contributed by atoms with Crippen molar-refractivity contribution < 1.29 is 4.74 Å². The third-order valence-electron chi connectivity index (χ3n) is 4.05. The van der Waals surface area contributed by atoms with Crippen LogP contribution >= 0.6 is 0 Å². The zero-order valence-corrected chi connectivity index (χ0v) is 13.0. The molecule has 0 aromatic heterocycles. The highest BCUT2D eigenvalue weighted by Crippen LogP contribution is 2.23. The Labute approximate surface area is 123 Å². The molecular weight excluding hydrogens is 248 g/mol. The highest BCUT2D eigenvalue weighted by molar-refractivity contribution is 5.33. The lowest BCUT2D eigenvalue weighted by Gasteiger charge is -2.21. The van der Waals surface area contributed by atoms with Crippen LogP contribution in [0.25, 0.3) is 0 Å². The van der Waals surface area contributed by atoms with Gasteiger partial charge in [0.2, 0.25) is 0 Å². The minimum absolute atomic E-state index is 0.811. The van der Waals surface area contributed by atoms with Gasteiger partial charge in [0.05, 0.1) is 6.61 Å². The van der Waals surface area contributed by atoms with Gasteiger partial charge >= 0.3 is 0 Å². The van der Waals surface area contributed by atoms with Crippen molar-refractivity contribution in [3.63, 3.8) is 0 Å². The first-order valence-corrected chi connectivity index (χ1v) is 7.74. The Morgan fingerprint density at radius 1 is 1.20 bits per heavy atom. The molecule has 0 saturated carbocycles. The number of likely N-dealkylation sites (N-methyl/N-ethyl adjacent to an activating group) is 1. The second-order valence-corrected chi connectivity index (χ2v) is 5.85. The van der Waals surface area contributed by atoms with Crippen molar-refractivity contribution >= 4 is 0 Å². The Morgan fingerprint density at radius 2 is 2.00 bits per heavy atom. The summed E-state index contributed by atoms with van der Waals surface area (Å²) in [6, 6.07) is 0. The van der Waals surface area contributed by atoms with Crippen LogP contribution in [-0.4, -0.2) is 51.8 Å². The summed E-state index contributed by atoms with van der Waals surface area (Å²) >= 11 is 0. The molecule has 1 saturated heterocycles. The molecule has 0 radical (unpaired) electrons. The van der Waals surface area contributed by atoms with E-state index in [4.69, 9.17) is 4.74 Å². The topological polar surface area (TPSA) is 24.5 Å². The van der Waals surface area contributed by atoms with E-state index in [0.717, 1.165) is 32.8 Å². The molecule has 1 aliphatic heterocycles. The number of piperidine rings is 1. The molecule has 3 nitrogen and oxygen atoms in total. The third-order valence-corrected chi connectivity index (χ3v) is 4.05. The molecule has 1 heterocycles. The maximum atomic E-state index is 5.12. The first-order chi connectivity index (χ1) is 9.78. The van der Waals surface area contributed by atoms with Crippen LogP contribution < -0.4 is 5.32 Å². The number of hydrogen-bond acceptors (Lipinski definition) is 3. The number of hydrogen-bond donors (Lipinski definition) is 1. The van der Waals surface area contributed by atoms with Crippen LogP contribution in [0.3, 0.4) is 0 Å². The van der Waals surface area contributed by atoms with Gasteiger partial charge in [-0.25, -0.2) is 0 Å². The minimum atomic E-state index is 0.811. The zero-order valence-electron chi connectivity index (χ0n) is 13.0. The Bertz CT molecular complexity index is 388. The van der Waals surface area contributed by atoms with Crippen molar-refractivity contribution in [2.75, 3.05) is 46.9 Å². The lowest BCUT2D eigenvalue weighted by Crippen LogP contribution is -2.25. The number of nitrogens with zero attached hydrogens (tertiary/aromatic N) is 1. The van der Waals surface area contributed by atoms with E-state index in [9.17, 15) is 0 Å². The van der Waals surface area contributed by atoms with Gasteiger partial charge in [-0.3, -0.25) is 0 Å². The Morgan fingerprint density at radius 3 is 2.65 bits per heavy atom. The summed E-state index contributed by atoms with van der Waals surface area (Å²) in [5.74, 6) is 0. The van der Waals surface area contributed by atoms with Gasteiger partial charge in [-0.2, -0.15) is 0 Å². The van der Waals surface area contributed by atoms with Gasteiger partial charge in [-0.15, -0.1) is 0 Å². The monoisotopic (exact) mass is 276 g/mol. The van der Waals surface area contributed by atoms with Gasteiger partial charge in [0, 0.05) is 20.2 Å². The van der Waals surface area contributed by atoms with E-state index in [0.29, 0.717) is 0 Å². The summed E-state index contributed by atoms with van der Waals surface area (Å²) in [6.07, 6.45) is 11.9. The van der Waals surface area contributed by atoms with Crippen molar-refractivity contribution in [2.24, 2.45) is 0 Å². The maximum absolute atomic E-state index is 5.12. The minimum Gasteiger partial charge on any atom is -0.383 e. The Hall–Kier alpha value is -0.900. The van der Waals surface area contributed by atoms with Crippen LogP contribution in [0.1, 0.15) is 25.7 Å². The Kier molecular flexibility index (Phi) is 6.51. The molecule has 0 amide bonds. The average molecular weight is 276 g/mol. The second-order valence-electron chi connectivity index (χ2n) is 5.85. The highest BCUT2D eigenvalue weighted by atomic mass is 16.5. The molecule has 0 atom stereocenters. The predicted molar refractivity (Wildman–Crippen MR) is 85.0 cm³/mol. The largest absolute Gasteiger partial charge is 0.383 e. The van der Waals surface area contributed by atoms with Crippen LogP contribution in [0.5, 0.6) is 0 Å². The molecule has 20 heavy (non-hydrogen) atoms. The summed E-state index contributed by atoms with van der Waals surface area (Å²) < 4.78 is 5.12. The molecule has 0 bridgehead atoms. The quantitative estimate of drug-likeness (QED) is 0.807. The molecule has 0 aromatic rings. The van der Waals surface area contributed by atoms with Crippen LogP contribution in [0, 0.1) is 0 Å². The average Bonchev–Trinajstić information content (AvgIpc) is 2.48. The van der Waals surface area contributed by atoms with Crippen molar-refractivity contribution in [1.82, 2.24) is 10.2 Å². The first-order valence-electron chi connectivity index (χ1n) is 7.74. The van der Waals surface area contributed by atoms with Crippen LogP contribution in [0.15, 0.2) is 34.9 Å². The molecule has 112 valence electrons. The van der Waals surface area contributed by atoms with Crippen LogP contribution in [-0.2, 0) is 4.74 Å². The molecule has 0 spiro atoms. The van der Waals surface area contributed by atoms with Crippen molar-refractivity contribution in [1.29, 1.82) is 0 Å². The van der Waals surface area contributed by atoms with Gasteiger partial charge in [0.25, 0.3) is 0 Å². The molecule has 3 heteroatoms. The predicted octanol–water partition coefficient (Wildman–Crippen LogP) is 2.52. The number of nitrogens with one attached hydrogen (secondary N) is 1. The molecule has 2 rings (SSSR count). The molecule has 0 aromatic carbocycles. The molecule has 1 N–H and O–H groups in total. The van der Waals surface area contributed by atoms with Gasteiger partial charge in [-0.05, 0) is 51.4 Å². The molecular formula is C17H28N2O. The summed E-state index contributed by atoms with van der Waals surface area (Å²) in [7, 11) is 3.92. The summed E-state index contributed by atoms with van der Waals surface area (Å²) in [4.78, 5) is 2.33. The fourth-order valence-electron chi connectivity index (χ4n) is 2.78. The van der Waals surface area contributed by atoms with Crippen LogP contribution in [0.4, 0.5) is 0 Å². The van der Waals surface area contributed by atoms with Crippen molar-refractivity contribution in [3.8, 4) is 0 Å². The number of allylic oxidation sites excluding steroid dienone is 4. The molecule has 1 aliphatic carbocycles. The smallest absolute Gasteiger partial charge is 0.0589 e. The fraction of sp³-hybridized carbons (Fsp3) is 0.647. The summed E-state index contributed by atoms with van der Waals surface area (Å²) in [5.41, 5.74) is 4.66. The van der Waals surface area contributed by atoms with E-state index in [1.165, 1.54) is 36.8 Å². The normalized spacial score (nSPS) is 19.9. The lowest BCUT2D eigenvalue weighted by atomic mass is 9.94. The Balaban J connectivity index is 1.84. The second kappa shape index (κ2) is 8.40. The van der Waals surface area contributed by atoms with E-state index in [1.807, 2.05) is 0 Å². The van der Waals surface area contributed by atoms with E-state index in [2.05, 4.69) is 35.5 Å². The third kappa shape index (κ3) is 5.23. The fourth-order valence-corrected chi connectivity index (χ4v) is 2.78. The number of methoxy groups -OCH3 is 1. The molecule has 2 aliphatic rings. The van der Waals surface area contributed by atoms with Crippen molar-refractivity contribution in [3.05, 3.63) is 34.9 Å².